The third kappa shape index (κ3) is 4.79. The minimum absolute atomic E-state index is 0.260. The van der Waals surface area contributed by atoms with Crippen LogP contribution in [0, 0.1) is 0 Å². The van der Waals surface area contributed by atoms with Gasteiger partial charge in [0.2, 0.25) is 0 Å². The van der Waals surface area contributed by atoms with Crippen LogP contribution in [0.4, 0.5) is 26.3 Å². The summed E-state index contributed by atoms with van der Waals surface area (Å²) in [6, 6.07) is 3.20. The van der Waals surface area contributed by atoms with Gasteiger partial charge in [0, 0.05) is 0 Å². The number of esters is 1. The van der Waals surface area contributed by atoms with Gasteiger partial charge >= 0.3 is 23.9 Å². The Kier molecular flexibility index (Phi) is 5.77. The maximum Gasteiger partial charge on any atom is 0.438 e. The van der Waals surface area contributed by atoms with Crippen LogP contribution in [0.2, 0.25) is 5.02 Å². The summed E-state index contributed by atoms with van der Waals surface area (Å²) < 4.78 is 112. The molecule has 0 saturated heterocycles. The largest absolute Gasteiger partial charge is 0.438 e. The van der Waals surface area contributed by atoms with Gasteiger partial charge in [-0.1, -0.05) is 29.2 Å². The highest BCUT2D eigenvalue weighted by atomic mass is 35.5. The van der Waals surface area contributed by atoms with Gasteiger partial charge in [0.1, 0.15) is 13.6 Å². The fourth-order valence-electron chi connectivity index (χ4n) is 1.74. The molecular formula is C11H8BClF6O5S. The lowest BCUT2D eigenvalue weighted by Crippen LogP contribution is -2.63. The van der Waals surface area contributed by atoms with E-state index in [0.717, 1.165) is 12.1 Å². The summed E-state index contributed by atoms with van der Waals surface area (Å²) in [7, 11) is -4.48. The van der Waals surface area contributed by atoms with E-state index in [4.69, 9.17) is 16.2 Å². The molecule has 14 heteroatoms. The van der Waals surface area contributed by atoms with E-state index in [1.807, 2.05) is 0 Å². The third-order valence-corrected chi connectivity index (χ3v) is 4.01. The molecule has 0 aromatic heterocycles. The van der Waals surface area contributed by atoms with Crippen molar-refractivity contribution in [2.24, 2.45) is 0 Å². The van der Waals surface area contributed by atoms with E-state index in [1.54, 1.807) is 0 Å². The highest BCUT2D eigenvalue weighted by molar-refractivity contribution is 7.85. The van der Waals surface area contributed by atoms with Gasteiger partial charge in [-0.3, -0.25) is 4.55 Å². The molecule has 0 unspecified atom stereocenters. The Morgan fingerprint density at radius 1 is 1.16 bits per heavy atom. The molecule has 0 bridgehead atoms. The molecule has 0 atom stereocenters. The molecule has 1 N–H and O–H groups in total. The van der Waals surface area contributed by atoms with Gasteiger partial charge < -0.3 is 4.74 Å². The quantitative estimate of drug-likeness (QED) is 0.351. The number of benzene rings is 1. The van der Waals surface area contributed by atoms with Crippen molar-refractivity contribution in [1.29, 1.82) is 0 Å². The number of halogens is 7. The van der Waals surface area contributed by atoms with Crippen molar-refractivity contribution in [3.8, 4) is 0 Å². The van der Waals surface area contributed by atoms with Crippen LogP contribution in [0.25, 0.3) is 0 Å². The summed E-state index contributed by atoms with van der Waals surface area (Å²) >= 11 is 5.55. The molecule has 0 fully saturated rings. The van der Waals surface area contributed by atoms with Crippen LogP contribution in [0.1, 0.15) is 10.4 Å². The molecule has 25 heavy (non-hydrogen) atoms. The van der Waals surface area contributed by atoms with Gasteiger partial charge in [0.25, 0.3) is 10.1 Å². The summed E-state index contributed by atoms with van der Waals surface area (Å²) in [5.74, 6) is -5.12. The molecule has 0 spiro atoms. The second-order valence-electron chi connectivity index (χ2n) is 4.92. The van der Waals surface area contributed by atoms with E-state index in [2.05, 4.69) is 4.74 Å². The average molecular weight is 412 g/mol. The molecule has 140 valence electrons. The monoisotopic (exact) mass is 412 g/mol. The van der Waals surface area contributed by atoms with Crippen LogP contribution in [-0.4, -0.2) is 50.5 Å². The van der Waals surface area contributed by atoms with Crippen molar-refractivity contribution in [2.45, 2.75) is 18.0 Å². The molecule has 0 saturated carbocycles. The summed E-state index contributed by atoms with van der Waals surface area (Å²) in [5.41, 5.74) is -6.05. The van der Waals surface area contributed by atoms with Crippen LogP contribution in [0.5, 0.6) is 0 Å². The van der Waals surface area contributed by atoms with Gasteiger partial charge in [-0.05, 0) is 6.07 Å². The maximum absolute atomic E-state index is 13.1. The van der Waals surface area contributed by atoms with Crippen molar-refractivity contribution in [1.82, 2.24) is 0 Å². The Balaban J connectivity index is 3.53. The number of alkyl halides is 6. The fourth-order valence-corrected chi connectivity index (χ4v) is 2.83. The Labute approximate surface area is 143 Å². The van der Waals surface area contributed by atoms with Gasteiger partial charge in [0.05, 0.1) is 10.6 Å². The number of ether oxygens (including phenoxy) is 1. The van der Waals surface area contributed by atoms with Gasteiger partial charge in [0.15, 0.2) is 0 Å². The zero-order chi connectivity index (χ0) is 19.8. The van der Waals surface area contributed by atoms with Crippen LogP contribution in [-0.2, 0) is 14.9 Å². The molecule has 0 amide bonds. The van der Waals surface area contributed by atoms with Crippen molar-refractivity contribution in [2.75, 3.05) is 5.75 Å². The topological polar surface area (TPSA) is 80.7 Å². The SMILES string of the molecule is Bc1ccc(Cl)c(C(=O)OC(CS(=O)(=O)O)(C(F)(F)F)C(F)(F)F)c1. The van der Waals surface area contributed by atoms with E-state index in [0.29, 0.717) is 0 Å². The van der Waals surface area contributed by atoms with E-state index < -0.39 is 50.4 Å². The minimum Gasteiger partial charge on any atom is -0.435 e. The second kappa shape index (κ2) is 6.69. The van der Waals surface area contributed by atoms with Gasteiger partial charge in [-0.2, -0.15) is 34.8 Å². The number of hydrogen-bond acceptors (Lipinski definition) is 4. The first-order chi connectivity index (χ1) is 11.0. The molecular weight excluding hydrogens is 404 g/mol. The van der Waals surface area contributed by atoms with Crippen molar-refractivity contribution in [3.05, 3.63) is 28.8 Å². The Hall–Kier alpha value is -1.47. The van der Waals surface area contributed by atoms with Crippen LogP contribution in [0.15, 0.2) is 18.2 Å². The smallest absolute Gasteiger partial charge is 0.435 e. The Morgan fingerprint density at radius 3 is 2.04 bits per heavy atom. The lowest BCUT2D eigenvalue weighted by Gasteiger charge is -2.35. The summed E-state index contributed by atoms with van der Waals surface area (Å²) in [5, 5.41) is -0.513. The molecule has 0 aliphatic carbocycles. The van der Waals surface area contributed by atoms with Crippen LogP contribution < -0.4 is 5.46 Å². The normalized spacial score (nSPS) is 13.6. The predicted octanol–water partition coefficient (Wildman–Crippen LogP) is 1.51. The molecule has 5 nitrogen and oxygen atoms in total. The minimum atomic E-state index is -6.40. The third-order valence-electron chi connectivity index (χ3n) is 2.91. The lowest BCUT2D eigenvalue weighted by molar-refractivity contribution is -0.356. The first kappa shape index (κ1) is 21.6. The molecule has 1 rings (SSSR count). The molecule has 1 aromatic rings. The summed E-state index contributed by atoms with van der Waals surface area (Å²) in [6.07, 6.45) is -12.8. The lowest BCUT2D eigenvalue weighted by atomic mass is 9.94. The van der Waals surface area contributed by atoms with E-state index in [1.165, 1.54) is 13.9 Å². The van der Waals surface area contributed by atoms with Crippen molar-refractivity contribution < 1.29 is 48.8 Å². The molecule has 0 heterocycles. The van der Waals surface area contributed by atoms with Gasteiger partial charge in [-0.25, -0.2) is 4.79 Å². The highest BCUT2D eigenvalue weighted by Gasteiger charge is 2.76. The second-order valence-corrected chi connectivity index (χ2v) is 6.78. The molecule has 0 radical (unpaired) electrons. The average Bonchev–Trinajstić information content (AvgIpc) is 2.36. The first-order valence-electron chi connectivity index (χ1n) is 6.08. The Bertz CT molecular complexity index is 762. The van der Waals surface area contributed by atoms with Crippen LogP contribution >= 0.6 is 11.6 Å². The van der Waals surface area contributed by atoms with E-state index >= 15 is 0 Å². The predicted molar refractivity (Wildman–Crippen MR) is 76.3 cm³/mol. The number of carbonyl (C=O) groups excluding carboxylic acids is 1. The number of carbonyl (C=O) groups is 1. The molecule has 1 aromatic carbocycles. The van der Waals surface area contributed by atoms with Crippen molar-refractivity contribution >= 4 is 41.0 Å². The Morgan fingerprint density at radius 2 is 1.64 bits per heavy atom. The number of rotatable bonds is 4. The summed E-state index contributed by atoms with van der Waals surface area (Å²) in [6.45, 7) is 0. The maximum atomic E-state index is 13.1. The van der Waals surface area contributed by atoms with E-state index in [-0.39, 0.29) is 5.46 Å². The van der Waals surface area contributed by atoms with Crippen molar-refractivity contribution in [3.63, 3.8) is 0 Å². The zero-order valence-electron chi connectivity index (χ0n) is 12.1. The van der Waals surface area contributed by atoms with Gasteiger partial charge in [-0.15, -0.1) is 0 Å². The highest BCUT2D eigenvalue weighted by Crippen LogP contribution is 2.47. The van der Waals surface area contributed by atoms with Crippen LogP contribution in [0.3, 0.4) is 0 Å². The standard InChI is InChI=1S/C11H8BClF6O5S/c12-5-1-2-7(13)6(3-5)8(20)24-9(10(14,15)16,11(17,18)19)4-25(21,22)23/h1-3H,4,12H2,(H,21,22,23). The summed E-state index contributed by atoms with van der Waals surface area (Å²) in [4.78, 5) is 11.8. The number of hydrogen-bond donors (Lipinski definition) is 1. The van der Waals surface area contributed by atoms with E-state index in [9.17, 15) is 39.6 Å². The first-order valence-corrected chi connectivity index (χ1v) is 8.07. The zero-order valence-corrected chi connectivity index (χ0v) is 13.6. The molecule has 0 aliphatic heterocycles. The molecule has 0 aliphatic rings. The fraction of sp³-hybridized carbons (Fsp3) is 0.364.